The quantitative estimate of drug-likeness (QED) is 0.691. The highest BCUT2D eigenvalue weighted by atomic mass is 19.1. The molecule has 0 aliphatic heterocycles. The lowest BCUT2D eigenvalue weighted by atomic mass is 10.3. The van der Waals surface area contributed by atoms with Crippen LogP contribution in [0.1, 0.15) is 5.82 Å². The third-order valence-corrected chi connectivity index (χ3v) is 3.60. The minimum absolute atomic E-state index is 0.105. The molecule has 2 aromatic carbocycles. The number of hydrogen-bond donors (Lipinski definition) is 2. The van der Waals surface area contributed by atoms with Crippen molar-refractivity contribution in [3.63, 3.8) is 0 Å². The van der Waals surface area contributed by atoms with Crippen molar-refractivity contribution in [1.82, 2.24) is 15.3 Å². The van der Waals surface area contributed by atoms with Crippen molar-refractivity contribution in [1.29, 1.82) is 0 Å². The van der Waals surface area contributed by atoms with Gasteiger partial charge in [-0.3, -0.25) is 4.79 Å². The number of aromatic nitrogens is 2. The Balaban J connectivity index is 1.47. The standard InChI is InChI=1S/C18H18FN3O3/c1-24-15-4-2-3-5-16(15)25-11-18(23)20-9-8-17-21-13-7-6-12(19)10-14(13)22-17/h2-7,10H,8-9,11H2,1H3,(H,20,23)(H,21,22). The van der Waals surface area contributed by atoms with Crippen LogP contribution in [0, 0.1) is 5.82 Å². The summed E-state index contributed by atoms with van der Waals surface area (Å²) in [5, 5.41) is 2.76. The van der Waals surface area contributed by atoms with Crippen LogP contribution in [-0.4, -0.2) is 36.1 Å². The number of H-pyrrole nitrogens is 1. The molecule has 1 aromatic heterocycles. The van der Waals surface area contributed by atoms with Crippen molar-refractivity contribution in [3.8, 4) is 11.5 Å². The third-order valence-electron chi connectivity index (χ3n) is 3.60. The van der Waals surface area contributed by atoms with Gasteiger partial charge in [0, 0.05) is 13.0 Å². The number of aromatic amines is 1. The van der Waals surface area contributed by atoms with Gasteiger partial charge in [0.25, 0.3) is 5.91 Å². The Labute approximate surface area is 144 Å². The van der Waals surface area contributed by atoms with Crippen LogP contribution < -0.4 is 14.8 Å². The Bertz CT molecular complexity index is 879. The molecule has 0 bridgehead atoms. The average molecular weight is 343 g/mol. The monoisotopic (exact) mass is 343 g/mol. The number of methoxy groups -OCH3 is 1. The van der Waals surface area contributed by atoms with Gasteiger partial charge in [-0.05, 0) is 30.3 Å². The lowest BCUT2D eigenvalue weighted by molar-refractivity contribution is -0.123. The van der Waals surface area contributed by atoms with E-state index in [0.29, 0.717) is 41.3 Å². The first-order valence-corrected chi connectivity index (χ1v) is 7.82. The van der Waals surface area contributed by atoms with Gasteiger partial charge in [0.2, 0.25) is 0 Å². The maximum Gasteiger partial charge on any atom is 0.257 e. The molecular weight excluding hydrogens is 325 g/mol. The van der Waals surface area contributed by atoms with Crippen molar-refractivity contribution >= 4 is 16.9 Å². The number of imidazole rings is 1. The van der Waals surface area contributed by atoms with Crippen molar-refractivity contribution in [2.24, 2.45) is 0 Å². The predicted molar refractivity (Wildman–Crippen MR) is 91.3 cm³/mol. The summed E-state index contributed by atoms with van der Waals surface area (Å²) in [5.74, 6) is 1.22. The van der Waals surface area contributed by atoms with Gasteiger partial charge < -0.3 is 19.8 Å². The zero-order valence-electron chi connectivity index (χ0n) is 13.7. The molecule has 1 heterocycles. The van der Waals surface area contributed by atoms with Crippen LogP contribution in [0.15, 0.2) is 42.5 Å². The molecule has 0 radical (unpaired) electrons. The molecule has 1 amide bonds. The average Bonchev–Trinajstić information content (AvgIpc) is 3.02. The van der Waals surface area contributed by atoms with E-state index in [2.05, 4.69) is 15.3 Å². The number of amides is 1. The predicted octanol–water partition coefficient (Wildman–Crippen LogP) is 2.45. The Morgan fingerprint density at radius 3 is 2.84 bits per heavy atom. The van der Waals surface area contributed by atoms with E-state index in [1.54, 1.807) is 31.4 Å². The van der Waals surface area contributed by atoms with E-state index >= 15 is 0 Å². The van der Waals surface area contributed by atoms with E-state index in [9.17, 15) is 9.18 Å². The Kier molecular flexibility index (Phi) is 5.13. The van der Waals surface area contributed by atoms with E-state index < -0.39 is 0 Å². The van der Waals surface area contributed by atoms with Crippen molar-refractivity contribution in [2.45, 2.75) is 6.42 Å². The van der Waals surface area contributed by atoms with Crippen LogP contribution in [0.25, 0.3) is 11.0 Å². The molecule has 130 valence electrons. The smallest absolute Gasteiger partial charge is 0.257 e. The van der Waals surface area contributed by atoms with Crippen molar-refractivity contribution in [3.05, 3.63) is 54.1 Å². The van der Waals surface area contributed by atoms with E-state index in [1.807, 2.05) is 6.07 Å². The lowest BCUT2D eigenvalue weighted by Crippen LogP contribution is -2.30. The van der Waals surface area contributed by atoms with Gasteiger partial charge in [-0.2, -0.15) is 0 Å². The van der Waals surface area contributed by atoms with Gasteiger partial charge in [-0.15, -0.1) is 0 Å². The number of benzene rings is 2. The molecular formula is C18H18FN3O3. The number of carbonyl (C=O) groups excluding carboxylic acids is 1. The summed E-state index contributed by atoms with van der Waals surface area (Å²) in [5.41, 5.74) is 1.34. The molecule has 0 fully saturated rings. The van der Waals surface area contributed by atoms with E-state index in [0.717, 1.165) is 0 Å². The molecule has 0 unspecified atom stereocenters. The van der Waals surface area contributed by atoms with Crippen LogP contribution >= 0.6 is 0 Å². The van der Waals surface area contributed by atoms with Gasteiger partial charge in [0.1, 0.15) is 11.6 Å². The van der Waals surface area contributed by atoms with Crippen LogP contribution in [0.2, 0.25) is 0 Å². The Morgan fingerprint density at radius 1 is 1.24 bits per heavy atom. The summed E-state index contributed by atoms with van der Waals surface area (Å²) in [6, 6.07) is 11.5. The van der Waals surface area contributed by atoms with Gasteiger partial charge in [-0.1, -0.05) is 12.1 Å². The molecule has 6 nitrogen and oxygen atoms in total. The lowest BCUT2D eigenvalue weighted by Gasteiger charge is -2.10. The maximum atomic E-state index is 13.2. The van der Waals surface area contributed by atoms with Gasteiger partial charge in [-0.25, -0.2) is 9.37 Å². The number of nitrogens with one attached hydrogen (secondary N) is 2. The fourth-order valence-electron chi connectivity index (χ4n) is 2.41. The first-order valence-electron chi connectivity index (χ1n) is 7.82. The van der Waals surface area contributed by atoms with Crippen LogP contribution in [-0.2, 0) is 11.2 Å². The second-order valence-corrected chi connectivity index (χ2v) is 5.38. The highest BCUT2D eigenvalue weighted by Crippen LogP contribution is 2.25. The van der Waals surface area contributed by atoms with E-state index in [1.165, 1.54) is 12.1 Å². The number of fused-ring (bicyclic) bond motifs is 1. The maximum absolute atomic E-state index is 13.2. The summed E-state index contributed by atoms with van der Waals surface area (Å²) in [4.78, 5) is 19.2. The van der Waals surface area contributed by atoms with Crippen LogP contribution in [0.5, 0.6) is 11.5 Å². The normalized spacial score (nSPS) is 10.6. The third kappa shape index (κ3) is 4.26. The summed E-state index contributed by atoms with van der Waals surface area (Å²) in [6.07, 6.45) is 0.511. The van der Waals surface area contributed by atoms with Gasteiger partial charge in [0.05, 0.1) is 18.1 Å². The topological polar surface area (TPSA) is 76.2 Å². The summed E-state index contributed by atoms with van der Waals surface area (Å²) < 4.78 is 23.8. The van der Waals surface area contributed by atoms with E-state index in [4.69, 9.17) is 9.47 Å². The molecule has 0 saturated carbocycles. The van der Waals surface area contributed by atoms with E-state index in [-0.39, 0.29) is 18.3 Å². The molecule has 0 saturated heterocycles. The molecule has 25 heavy (non-hydrogen) atoms. The fraction of sp³-hybridized carbons (Fsp3) is 0.222. The number of para-hydroxylation sites is 2. The second-order valence-electron chi connectivity index (χ2n) is 5.38. The van der Waals surface area contributed by atoms with Gasteiger partial charge >= 0.3 is 0 Å². The zero-order chi connectivity index (χ0) is 17.6. The first-order chi connectivity index (χ1) is 12.2. The number of halogens is 1. The summed E-state index contributed by atoms with van der Waals surface area (Å²) in [7, 11) is 1.54. The van der Waals surface area contributed by atoms with Gasteiger partial charge in [0.15, 0.2) is 18.1 Å². The number of ether oxygens (including phenoxy) is 2. The molecule has 0 aliphatic rings. The van der Waals surface area contributed by atoms with Crippen LogP contribution in [0.3, 0.4) is 0 Å². The molecule has 2 N–H and O–H groups in total. The van der Waals surface area contributed by atoms with Crippen molar-refractivity contribution in [2.75, 3.05) is 20.3 Å². The largest absolute Gasteiger partial charge is 0.493 e. The van der Waals surface area contributed by atoms with Crippen LogP contribution in [0.4, 0.5) is 4.39 Å². The molecule has 7 heteroatoms. The number of carbonyl (C=O) groups is 1. The summed E-state index contributed by atoms with van der Waals surface area (Å²) >= 11 is 0. The Morgan fingerprint density at radius 2 is 2.04 bits per heavy atom. The SMILES string of the molecule is COc1ccccc1OCC(=O)NCCc1nc2ccc(F)cc2[nH]1. The summed E-state index contributed by atoms with van der Waals surface area (Å²) in [6.45, 7) is 0.294. The zero-order valence-corrected chi connectivity index (χ0v) is 13.7. The first kappa shape index (κ1) is 16.8. The minimum Gasteiger partial charge on any atom is -0.493 e. The van der Waals surface area contributed by atoms with Crippen molar-refractivity contribution < 1.29 is 18.7 Å². The molecule has 0 aliphatic carbocycles. The molecule has 3 rings (SSSR count). The Hall–Kier alpha value is -3.09. The fourth-order valence-corrected chi connectivity index (χ4v) is 2.41. The second kappa shape index (κ2) is 7.65. The highest BCUT2D eigenvalue weighted by Gasteiger charge is 2.08. The number of nitrogens with zero attached hydrogens (tertiary/aromatic N) is 1. The number of hydrogen-bond acceptors (Lipinski definition) is 4. The molecule has 0 spiro atoms. The molecule has 3 aromatic rings. The number of rotatable bonds is 7. The molecule has 0 atom stereocenters. The minimum atomic E-state index is -0.315. The highest BCUT2D eigenvalue weighted by molar-refractivity contribution is 5.77.